The van der Waals surface area contributed by atoms with Crippen LogP contribution < -0.4 is 5.32 Å². The van der Waals surface area contributed by atoms with Gasteiger partial charge in [-0.15, -0.1) is 11.3 Å². The van der Waals surface area contributed by atoms with Crippen LogP contribution in [0.3, 0.4) is 0 Å². The molecule has 0 radical (unpaired) electrons. The van der Waals surface area contributed by atoms with E-state index in [0.29, 0.717) is 15.0 Å². The molecule has 0 saturated carbocycles. The highest BCUT2D eigenvalue weighted by Gasteiger charge is 2.33. The maximum Gasteiger partial charge on any atom is 0.326 e. The fraction of sp³-hybridized carbons (Fsp3) is 0.333. The third kappa shape index (κ3) is 3.21. The third-order valence-corrected chi connectivity index (χ3v) is 4.22. The van der Waals surface area contributed by atoms with Gasteiger partial charge in [0, 0.05) is 10.1 Å². The zero-order valence-corrected chi connectivity index (χ0v) is 12.8. The summed E-state index contributed by atoms with van der Waals surface area (Å²) in [5, 5.41) is 12.1. The van der Waals surface area contributed by atoms with Crippen LogP contribution in [0.5, 0.6) is 0 Å². The summed E-state index contributed by atoms with van der Waals surface area (Å²) >= 11 is 1.14. The Hall–Kier alpha value is -1.95. The van der Waals surface area contributed by atoms with Gasteiger partial charge in [-0.3, -0.25) is 4.79 Å². The molecule has 21 heavy (non-hydrogen) atoms. The summed E-state index contributed by atoms with van der Waals surface area (Å²) in [6.07, 6.45) is 0. The molecule has 1 aromatic carbocycles. The average molecular weight is 309 g/mol. The second-order valence-corrected chi connectivity index (χ2v) is 6.96. The van der Waals surface area contributed by atoms with Gasteiger partial charge in [0.2, 0.25) is 0 Å². The molecule has 0 aliphatic heterocycles. The molecule has 2 aromatic rings. The van der Waals surface area contributed by atoms with E-state index < -0.39 is 29.2 Å². The molecular formula is C15H16FNO3S. The Balaban J connectivity index is 2.30. The van der Waals surface area contributed by atoms with Gasteiger partial charge in [-0.05, 0) is 23.6 Å². The highest BCUT2D eigenvalue weighted by Crippen LogP contribution is 2.28. The van der Waals surface area contributed by atoms with Crippen LogP contribution in [-0.2, 0) is 4.79 Å². The molecule has 0 aliphatic rings. The first kappa shape index (κ1) is 15.4. The number of aliphatic carboxylic acids is 1. The predicted octanol–water partition coefficient (Wildman–Crippen LogP) is 3.27. The molecule has 112 valence electrons. The maximum atomic E-state index is 13.6. The highest BCUT2D eigenvalue weighted by molar-refractivity contribution is 7.20. The lowest BCUT2D eigenvalue weighted by atomic mass is 9.87. The fourth-order valence-electron chi connectivity index (χ4n) is 1.99. The molecule has 2 rings (SSSR count). The van der Waals surface area contributed by atoms with E-state index >= 15 is 0 Å². The van der Waals surface area contributed by atoms with E-state index in [1.807, 2.05) is 0 Å². The van der Waals surface area contributed by atoms with E-state index in [0.717, 1.165) is 11.3 Å². The first-order valence-electron chi connectivity index (χ1n) is 6.42. The maximum absolute atomic E-state index is 13.6. The van der Waals surface area contributed by atoms with Crippen molar-refractivity contribution in [3.05, 3.63) is 35.0 Å². The molecule has 6 heteroatoms. The minimum Gasteiger partial charge on any atom is -0.480 e. The Bertz CT molecular complexity index is 702. The number of rotatable bonds is 3. The molecular weight excluding hydrogens is 293 g/mol. The van der Waals surface area contributed by atoms with Crippen molar-refractivity contribution in [1.29, 1.82) is 0 Å². The Morgan fingerprint density at radius 1 is 1.33 bits per heavy atom. The number of amides is 1. The highest BCUT2D eigenvalue weighted by atomic mass is 32.1. The number of benzene rings is 1. The van der Waals surface area contributed by atoms with Crippen molar-refractivity contribution in [3.63, 3.8) is 0 Å². The summed E-state index contributed by atoms with van der Waals surface area (Å²) in [4.78, 5) is 23.8. The van der Waals surface area contributed by atoms with Gasteiger partial charge in [-0.2, -0.15) is 0 Å². The standard InChI is InChI=1S/C15H16FNO3S/c1-15(2,3)12(14(19)20)17-13(18)11-7-8-9(16)5-4-6-10(8)21-11/h4-7,12H,1-3H3,(H,17,18)(H,19,20)/t12-/m1/s1. The minimum atomic E-state index is -1.09. The van der Waals surface area contributed by atoms with Crippen LogP contribution in [0.1, 0.15) is 30.4 Å². The Labute approximate surface area is 125 Å². The van der Waals surface area contributed by atoms with Gasteiger partial charge < -0.3 is 10.4 Å². The van der Waals surface area contributed by atoms with E-state index in [1.165, 1.54) is 12.1 Å². The molecule has 1 amide bonds. The number of hydrogen-bond donors (Lipinski definition) is 2. The summed E-state index contributed by atoms with van der Waals surface area (Å²) in [6.45, 7) is 5.20. The fourth-order valence-corrected chi connectivity index (χ4v) is 2.97. The molecule has 2 N–H and O–H groups in total. The number of nitrogens with one attached hydrogen (secondary N) is 1. The second kappa shape index (κ2) is 5.44. The van der Waals surface area contributed by atoms with Gasteiger partial charge >= 0.3 is 5.97 Å². The van der Waals surface area contributed by atoms with E-state index in [2.05, 4.69) is 5.32 Å². The van der Waals surface area contributed by atoms with E-state index in [9.17, 15) is 19.1 Å². The van der Waals surface area contributed by atoms with E-state index in [4.69, 9.17) is 0 Å². The van der Waals surface area contributed by atoms with Crippen molar-refractivity contribution < 1.29 is 19.1 Å². The summed E-state index contributed by atoms with van der Waals surface area (Å²) in [7, 11) is 0. The van der Waals surface area contributed by atoms with Crippen LogP contribution in [0.4, 0.5) is 4.39 Å². The van der Waals surface area contributed by atoms with Gasteiger partial charge in [0.15, 0.2) is 0 Å². The number of fused-ring (bicyclic) bond motifs is 1. The van der Waals surface area contributed by atoms with Gasteiger partial charge in [-0.25, -0.2) is 9.18 Å². The largest absolute Gasteiger partial charge is 0.480 e. The normalized spacial score (nSPS) is 13.1. The van der Waals surface area contributed by atoms with Crippen molar-refractivity contribution >= 4 is 33.3 Å². The molecule has 0 bridgehead atoms. The van der Waals surface area contributed by atoms with Crippen molar-refractivity contribution in [2.75, 3.05) is 0 Å². The van der Waals surface area contributed by atoms with Gasteiger partial charge in [-0.1, -0.05) is 26.8 Å². The van der Waals surface area contributed by atoms with Crippen LogP contribution in [0, 0.1) is 11.2 Å². The Morgan fingerprint density at radius 2 is 2.00 bits per heavy atom. The molecule has 0 spiro atoms. The molecule has 0 unspecified atom stereocenters. The van der Waals surface area contributed by atoms with E-state index in [1.54, 1.807) is 32.9 Å². The second-order valence-electron chi connectivity index (χ2n) is 5.87. The predicted molar refractivity (Wildman–Crippen MR) is 80.1 cm³/mol. The lowest BCUT2D eigenvalue weighted by Gasteiger charge is -2.27. The smallest absolute Gasteiger partial charge is 0.326 e. The quantitative estimate of drug-likeness (QED) is 0.914. The third-order valence-electron chi connectivity index (χ3n) is 3.12. The lowest BCUT2D eigenvalue weighted by Crippen LogP contribution is -2.48. The molecule has 0 fully saturated rings. The van der Waals surface area contributed by atoms with Gasteiger partial charge in [0.1, 0.15) is 11.9 Å². The zero-order valence-electron chi connectivity index (χ0n) is 11.9. The molecule has 1 heterocycles. The zero-order chi connectivity index (χ0) is 15.8. The van der Waals surface area contributed by atoms with E-state index in [-0.39, 0.29) is 0 Å². The van der Waals surface area contributed by atoms with Crippen molar-refractivity contribution in [3.8, 4) is 0 Å². The number of carbonyl (C=O) groups excluding carboxylic acids is 1. The van der Waals surface area contributed by atoms with Crippen LogP contribution in [-0.4, -0.2) is 23.0 Å². The number of halogens is 1. The number of carboxylic acids is 1. The van der Waals surface area contributed by atoms with Crippen LogP contribution in [0.2, 0.25) is 0 Å². The van der Waals surface area contributed by atoms with Crippen LogP contribution >= 0.6 is 11.3 Å². The summed E-state index contributed by atoms with van der Waals surface area (Å²) in [5.41, 5.74) is -0.622. The minimum absolute atomic E-state index is 0.297. The van der Waals surface area contributed by atoms with Crippen molar-refractivity contribution in [2.45, 2.75) is 26.8 Å². The number of carbonyl (C=O) groups is 2. The van der Waals surface area contributed by atoms with Gasteiger partial charge in [0.25, 0.3) is 5.91 Å². The molecule has 4 nitrogen and oxygen atoms in total. The number of thiophene rings is 1. The molecule has 0 saturated heterocycles. The monoisotopic (exact) mass is 309 g/mol. The average Bonchev–Trinajstić information content (AvgIpc) is 2.79. The van der Waals surface area contributed by atoms with Crippen molar-refractivity contribution in [2.24, 2.45) is 5.41 Å². The van der Waals surface area contributed by atoms with Crippen LogP contribution in [0.25, 0.3) is 10.1 Å². The Morgan fingerprint density at radius 3 is 2.52 bits per heavy atom. The number of hydrogen-bond acceptors (Lipinski definition) is 3. The first-order valence-corrected chi connectivity index (χ1v) is 7.23. The summed E-state index contributed by atoms with van der Waals surface area (Å²) in [5.74, 6) is -1.99. The molecule has 1 atom stereocenters. The molecule has 1 aromatic heterocycles. The lowest BCUT2D eigenvalue weighted by molar-refractivity contribution is -0.142. The van der Waals surface area contributed by atoms with Crippen LogP contribution in [0.15, 0.2) is 24.3 Å². The molecule has 0 aliphatic carbocycles. The van der Waals surface area contributed by atoms with Gasteiger partial charge in [0.05, 0.1) is 4.88 Å². The summed E-state index contributed by atoms with van der Waals surface area (Å²) < 4.78 is 14.3. The Kier molecular flexibility index (Phi) is 4.00. The van der Waals surface area contributed by atoms with Crippen molar-refractivity contribution in [1.82, 2.24) is 5.32 Å². The first-order chi connectivity index (χ1) is 9.70. The topological polar surface area (TPSA) is 66.4 Å². The number of carboxylic acid groups (broad SMARTS) is 1. The SMILES string of the molecule is CC(C)(C)[C@H](NC(=O)c1cc2c(F)cccc2s1)C(=O)O. The summed E-state index contributed by atoms with van der Waals surface area (Å²) in [6, 6.07) is 5.06.